The first-order valence-corrected chi connectivity index (χ1v) is 5.89. The third-order valence-corrected chi connectivity index (χ3v) is 2.99. The van der Waals surface area contributed by atoms with Crippen molar-refractivity contribution < 1.29 is 19.5 Å². The van der Waals surface area contributed by atoms with Crippen LogP contribution < -0.4 is 10.6 Å². The largest absolute Gasteiger partial charge is 0.480 e. The molecule has 1 rings (SSSR count). The van der Waals surface area contributed by atoms with Gasteiger partial charge >= 0.3 is 5.97 Å². The van der Waals surface area contributed by atoms with Crippen LogP contribution in [0.1, 0.15) is 19.8 Å². The number of carbonyl (C=O) groups is 3. The van der Waals surface area contributed by atoms with Crippen molar-refractivity contribution in [3.05, 3.63) is 0 Å². The molecule has 1 aliphatic rings. The van der Waals surface area contributed by atoms with Crippen LogP contribution in [0, 0.1) is 0 Å². The number of hydrogen-bond donors (Lipinski definition) is 3. The van der Waals surface area contributed by atoms with Gasteiger partial charge < -0.3 is 15.7 Å². The van der Waals surface area contributed by atoms with Crippen molar-refractivity contribution in [2.45, 2.75) is 31.8 Å². The maximum atomic E-state index is 11.9. The maximum Gasteiger partial charge on any atom is 0.328 e. The summed E-state index contributed by atoms with van der Waals surface area (Å²) in [6, 6.07) is -1.36. The fourth-order valence-corrected chi connectivity index (χ4v) is 1.96. The summed E-state index contributed by atoms with van der Waals surface area (Å²) in [6.45, 7) is 2.03. The van der Waals surface area contributed by atoms with Gasteiger partial charge in [0.15, 0.2) is 0 Å². The molecule has 102 valence electrons. The topological polar surface area (TPSA) is 98.7 Å². The molecule has 0 radical (unpaired) electrons. The van der Waals surface area contributed by atoms with Crippen molar-refractivity contribution in [3.8, 4) is 0 Å². The highest BCUT2D eigenvalue weighted by molar-refractivity contribution is 5.87. The zero-order valence-corrected chi connectivity index (χ0v) is 10.6. The van der Waals surface area contributed by atoms with Gasteiger partial charge in [0.05, 0.1) is 6.04 Å². The Morgan fingerprint density at radius 2 is 2.11 bits per heavy atom. The summed E-state index contributed by atoms with van der Waals surface area (Å²) < 4.78 is 0. The Labute approximate surface area is 106 Å². The zero-order valence-electron chi connectivity index (χ0n) is 10.6. The summed E-state index contributed by atoms with van der Waals surface area (Å²) in [5, 5.41) is 13.8. The third-order valence-electron chi connectivity index (χ3n) is 2.99. The third kappa shape index (κ3) is 3.99. The van der Waals surface area contributed by atoms with Crippen LogP contribution in [0.15, 0.2) is 0 Å². The normalized spacial score (nSPS) is 21.3. The van der Waals surface area contributed by atoms with E-state index in [-0.39, 0.29) is 24.4 Å². The lowest BCUT2D eigenvalue weighted by molar-refractivity contribution is -0.142. The van der Waals surface area contributed by atoms with E-state index in [9.17, 15) is 14.4 Å². The molecule has 3 N–H and O–H groups in total. The number of carboxylic acid groups (broad SMARTS) is 1. The van der Waals surface area contributed by atoms with Crippen molar-refractivity contribution in [2.75, 3.05) is 20.1 Å². The first kappa shape index (κ1) is 14.4. The van der Waals surface area contributed by atoms with Crippen molar-refractivity contribution in [1.29, 1.82) is 0 Å². The number of aliphatic carboxylic acids is 1. The van der Waals surface area contributed by atoms with E-state index in [1.807, 2.05) is 11.9 Å². The standard InChI is InChI=1S/C11H19N3O4/c1-7(15)12-6-8(11(17)18)13-10(16)9-4-3-5-14(9)2/h8-9H,3-6H2,1-2H3,(H,12,15)(H,13,16)(H,17,18). The van der Waals surface area contributed by atoms with Crippen LogP contribution in [-0.2, 0) is 14.4 Å². The first-order valence-electron chi connectivity index (χ1n) is 5.89. The second-order valence-corrected chi connectivity index (χ2v) is 4.48. The number of rotatable bonds is 5. The van der Waals surface area contributed by atoms with Gasteiger partial charge in [0.2, 0.25) is 11.8 Å². The van der Waals surface area contributed by atoms with Gasteiger partial charge in [-0.3, -0.25) is 14.5 Å². The molecule has 1 aliphatic heterocycles. The molecule has 0 aromatic heterocycles. The number of nitrogens with zero attached hydrogens (tertiary/aromatic N) is 1. The minimum Gasteiger partial charge on any atom is -0.480 e. The quantitative estimate of drug-likeness (QED) is 0.574. The van der Waals surface area contributed by atoms with Crippen molar-refractivity contribution in [3.63, 3.8) is 0 Å². The highest BCUT2D eigenvalue weighted by Crippen LogP contribution is 2.14. The van der Waals surface area contributed by atoms with E-state index >= 15 is 0 Å². The Kier molecular flexibility index (Phi) is 5.08. The van der Waals surface area contributed by atoms with Crippen LogP contribution in [0.25, 0.3) is 0 Å². The van der Waals surface area contributed by atoms with Crippen LogP contribution in [0.4, 0.5) is 0 Å². The van der Waals surface area contributed by atoms with E-state index in [0.717, 1.165) is 19.4 Å². The number of likely N-dealkylation sites (N-methyl/N-ethyl adjacent to an activating group) is 1. The van der Waals surface area contributed by atoms with Crippen molar-refractivity contribution >= 4 is 17.8 Å². The Morgan fingerprint density at radius 3 is 2.56 bits per heavy atom. The smallest absolute Gasteiger partial charge is 0.328 e. The lowest BCUT2D eigenvalue weighted by Crippen LogP contribution is -2.52. The molecule has 18 heavy (non-hydrogen) atoms. The predicted octanol–water partition coefficient (Wildman–Crippen LogP) is -1.21. The molecule has 0 bridgehead atoms. The SMILES string of the molecule is CC(=O)NCC(NC(=O)C1CCCN1C)C(=O)O. The molecule has 0 aromatic carbocycles. The van der Waals surface area contributed by atoms with Gasteiger partial charge in [-0.05, 0) is 26.4 Å². The molecule has 7 heteroatoms. The summed E-state index contributed by atoms with van der Waals surface area (Å²) in [6.07, 6.45) is 1.66. The number of carboxylic acids is 1. The predicted molar refractivity (Wildman–Crippen MR) is 63.9 cm³/mol. The Balaban J connectivity index is 2.52. The van der Waals surface area contributed by atoms with Crippen LogP contribution in [0.5, 0.6) is 0 Å². The van der Waals surface area contributed by atoms with Gasteiger partial charge in [0.25, 0.3) is 0 Å². The summed E-state index contributed by atoms with van der Waals surface area (Å²) in [5.41, 5.74) is 0. The van der Waals surface area contributed by atoms with Gasteiger partial charge in [-0.1, -0.05) is 0 Å². The Bertz CT molecular complexity index is 345. The zero-order chi connectivity index (χ0) is 13.7. The number of hydrogen-bond acceptors (Lipinski definition) is 4. The van der Waals surface area contributed by atoms with E-state index in [0.29, 0.717) is 0 Å². The summed E-state index contributed by atoms with van der Waals surface area (Å²) in [7, 11) is 1.83. The fourth-order valence-electron chi connectivity index (χ4n) is 1.96. The van der Waals surface area contributed by atoms with Gasteiger partial charge in [-0.25, -0.2) is 4.79 Å². The van der Waals surface area contributed by atoms with Gasteiger partial charge in [-0.15, -0.1) is 0 Å². The molecule has 0 aliphatic carbocycles. The lowest BCUT2D eigenvalue weighted by Gasteiger charge is -2.21. The molecule has 1 heterocycles. The summed E-state index contributed by atoms with van der Waals surface area (Å²) >= 11 is 0. The average Bonchev–Trinajstić information content (AvgIpc) is 2.69. The minimum atomic E-state index is -1.15. The Hall–Kier alpha value is -1.63. The number of carbonyl (C=O) groups excluding carboxylic acids is 2. The van der Waals surface area contributed by atoms with Gasteiger partial charge in [0.1, 0.15) is 6.04 Å². The van der Waals surface area contributed by atoms with Gasteiger partial charge in [0, 0.05) is 13.5 Å². The molecular formula is C11H19N3O4. The van der Waals surface area contributed by atoms with Crippen molar-refractivity contribution in [1.82, 2.24) is 15.5 Å². The molecule has 1 saturated heterocycles. The summed E-state index contributed by atoms with van der Waals surface area (Å²) in [4.78, 5) is 35.5. The molecule has 0 aromatic rings. The maximum absolute atomic E-state index is 11.9. The van der Waals surface area contributed by atoms with E-state index < -0.39 is 12.0 Å². The van der Waals surface area contributed by atoms with Crippen LogP contribution >= 0.6 is 0 Å². The average molecular weight is 257 g/mol. The van der Waals surface area contributed by atoms with Crippen LogP contribution in [0.2, 0.25) is 0 Å². The van der Waals surface area contributed by atoms with E-state index in [1.165, 1.54) is 6.92 Å². The van der Waals surface area contributed by atoms with E-state index in [1.54, 1.807) is 0 Å². The molecule has 0 saturated carbocycles. The number of likely N-dealkylation sites (tertiary alicyclic amines) is 1. The van der Waals surface area contributed by atoms with E-state index in [2.05, 4.69) is 10.6 Å². The number of amides is 2. The second kappa shape index (κ2) is 6.34. The van der Waals surface area contributed by atoms with Gasteiger partial charge in [-0.2, -0.15) is 0 Å². The fraction of sp³-hybridized carbons (Fsp3) is 0.727. The lowest BCUT2D eigenvalue weighted by atomic mass is 10.2. The van der Waals surface area contributed by atoms with Crippen molar-refractivity contribution in [2.24, 2.45) is 0 Å². The summed E-state index contributed by atoms with van der Waals surface area (Å²) in [5.74, 6) is -1.78. The minimum absolute atomic E-state index is 0.104. The van der Waals surface area contributed by atoms with Crippen LogP contribution in [-0.4, -0.2) is 60.0 Å². The molecular weight excluding hydrogens is 238 g/mol. The number of nitrogens with one attached hydrogen (secondary N) is 2. The monoisotopic (exact) mass is 257 g/mol. The molecule has 2 unspecified atom stereocenters. The highest BCUT2D eigenvalue weighted by atomic mass is 16.4. The molecule has 1 fully saturated rings. The second-order valence-electron chi connectivity index (χ2n) is 4.48. The molecule has 7 nitrogen and oxygen atoms in total. The molecule has 2 amide bonds. The molecule has 0 spiro atoms. The first-order chi connectivity index (χ1) is 8.41. The molecule has 2 atom stereocenters. The highest BCUT2D eigenvalue weighted by Gasteiger charge is 2.30. The van der Waals surface area contributed by atoms with E-state index in [4.69, 9.17) is 5.11 Å². The Morgan fingerprint density at radius 1 is 1.44 bits per heavy atom. The van der Waals surface area contributed by atoms with Crippen LogP contribution in [0.3, 0.4) is 0 Å².